The second kappa shape index (κ2) is 5.86. The lowest BCUT2D eigenvalue weighted by Gasteiger charge is -2.38. The Labute approximate surface area is 150 Å². The molecule has 0 fully saturated rings. The fourth-order valence-electron chi connectivity index (χ4n) is 3.68. The molecule has 1 heterocycles. The van der Waals surface area contributed by atoms with Crippen LogP contribution in [-0.4, -0.2) is 11.5 Å². The maximum Gasteiger partial charge on any atom is 0.161 e. The van der Waals surface area contributed by atoms with Crippen molar-refractivity contribution in [3.63, 3.8) is 0 Å². The second-order valence-corrected chi connectivity index (χ2v) is 8.32. The minimum atomic E-state index is -0.366. The van der Waals surface area contributed by atoms with Gasteiger partial charge in [-0.3, -0.25) is 9.79 Å². The van der Waals surface area contributed by atoms with Gasteiger partial charge in [0.2, 0.25) is 0 Å². The van der Waals surface area contributed by atoms with E-state index in [9.17, 15) is 10.1 Å². The fraction of sp³-hybridized carbons (Fsp3) is 0.421. The lowest BCUT2D eigenvalue weighted by molar-refractivity contribution is -0.118. The van der Waals surface area contributed by atoms with Crippen molar-refractivity contribution < 1.29 is 4.79 Å². The van der Waals surface area contributed by atoms with E-state index in [4.69, 9.17) is 0 Å². The predicted octanol–water partition coefficient (Wildman–Crippen LogP) is 4.63. The van der Waals surface area contributed by atoms with E-state index in [1.54, 1.807) is 0 Å². The zero-order valence-corrected chi connectivity index (χ0v) is 15.7. The van der Waals surface area contributed by atoms with Crippen molar-refractivity contribution in [2.24, 2.45) is 16.3 Å². The highest BCUT2D eigenvalue weighted by Gasteiger charge is 2.43. The molecule has 0 N–H and O–H groups in total. The number of nitriles is 1. The predicted molar refractivity (Wildman–Crippen MR) is 99.2 cm³/mol. The maximum atomic E-state index is 12.9. The smallest absolute Gasteiger partial charge is 0.161 e. The Balaban J connectivity index is 2.22. The Morgan fingerprint density at radius 3 is 2.65 bits per heavy atom. The van der Waals surface area contributed by atoms with E-state index in [1.165, 1.54) is 0 Å². The van der Waals surface area contributed by atoms with Gasteiger partial charge in [0, 0.05) is 32.9 Å². The average Bonchev–Trinajstić information content (AvgIpc) is 2.45. The molecule has 1 unspecified atom stereocenters. The Morgan fingerprint density at radius 2 is 2.00 bits per heavy atom. The van der Waals surface area contributed by atoms with Crippen LogP contribution in [0.2, 0.25) is 0 Å². The summed E-state index contributed by atoms with van der Waals surface area (Å²) in [5, 5.41) is 9.70. The zero-order valence-electron chi connectivity index (χ0n) is 13.6. The number of hydrogen-bond donors (Lipinski definition) is 0. The van der Waals surface area contributed by atoms with Gasteiger partial charge in [-0.25, -0.2) is 0 Å². The van der Waals surface area contributed by atoms with Gasteiger partial charge < -0.3 is 0 Å². The van der Waals surface area contributed by atoms with Crippen LogP contribution in [0.1, 0.15) is 45.1 Å². The Hall–Kier alpha value is -1.48. The summed E-state index contributed by atoms with van der Waals surface area (Å²) in [4.78, 5) is 17.5. The molecule has 0 spiro atoms. The number of allylic oxidation sites excluding steroid dienone is 2. The normalized spacial score (nSPS) is 26.4. The lowest BCUT2D eigenvalue weighted by atomic mass is 9.67. The van der Waals surface area contributed by atoms with Crippen molar-refractivity contribution in [2.45, 2.75) is 39.5 Å². The van der Waals surface area contributed by atoms with E-state index in [-0.39, 0.29) is 23.0 Å². The molecule has 1 aliphatic carbocycles. The summed E-state index contributed by atoms with van der Waals surface area (Å²) < 4.78 is 1.09. The summed E-state index contributed by atoms with van der Waals surface area (Å²) in [6.45, 7) is 6.13. The van der Waals surface area contributed by atoms with Gasteiger partial charge in [0.25, 0.3) is 0 Å². The molecule has 23 heavy (non-hydrogen) atoms. The van der Waals surface area contributed by atoms with Crippen LogP contribution in [0, 0.1) is 26.2 Å². The minimum Gasteiger partial charge on any atom is -0.294 e. The molecule has 0 radical (unpaired) electrons. The first-order valence-electron chi connectivity index (χ1n) is 7.79. The number of benzene rings is 1. The summed E-state index contributed by atoms with van der Waals surface area (Å²) in [5.74, 6) is -0.406. The molecular weight excluding hydrogens is 399 g/mol. The van der Waals surface area contributed by atoms with Crippen LogP contribution < -0.4 is 0 Å². The first-order valence-corrected chi connectivity index (χ1v) is 8.87. The zero-order chi connectivity index (χ0) is 16.8. The monoisotopic (exact) mass is 418 g/mol. The molecule has 3 rings (SSSR count). The summed E-state index contributed by atoms with van der Waals surface area (Å²) in [6.07, 6.45) is 1.32. The third-order valence-corrected chi connectivity index (χ3v) is 5.66. The molecule has 0 bridgehead atoms. The first kappa shape index (κ1) is 16.4. The van der Waals surface area contributed by atoms with E-state index in [0.29, 0.717) is 6.42 Å². The SMILES string of the molecule is CC1=NC2=C(C(=O)CC(C)(C)C2)[C@@H](c2ccccc2I)C1C#N. The highest BCUT2D eigenvalue weighted by molar-refractivity contribution is 14.1. The number of ketones is 1. The standard InChI is InChI=1S/C19H19IN2O/c1-11-13(10-21)17(12-6-4-5-7-14(12)20)18-15(22-11)8-19(2,3)9-16(18)23/h4-7,13,17H,8-9H2,1-3H3/t13?,17-/m0/s1. The van der Waals surface area contributed by atoms with Crippen LogP contribution in [0.15, 0.2) is 40.5 Å². The largest absolute Gasteiger partial charge is 0.294 e. The summed E-state index contributed by atoms with van der Waals surface area (Å²) in [6, 6.07) is 10.4. The lowest BCUT2D eigenvalue weighted by Crippen LogP contribution is -2.35. The number of halogens is 1. The van der Waals surface area contributed by atoms with Gasteiger partial charge in [0.15, 0.2) is 5.78 Å². The maximum absolute atomic E-state index is 12.9. The molecule has 118 valence electrons. The van der Waals surface area contributed by atoms with E-state index in [1.807, 2.05) is 31.2 Å². The van der Waals surface area contributed by atoms with Gasteiger partial charge in [-0.15, -0.1) is 0 Å². The first-order chi connectivity index (χ1) is 10.8. The van der Waals surface area contributed by atoms with Gasteiger partial charge >= 0.3 is 0 Å². The van der Waals surface area contributed by atoms with Crippen LogP contribution in [0.4, 0.5) is 0 Å². The van der Waals surface area contributed by atoms with Crippen LogP contribution in [0.3, 0.4) is 0 Å². The van der Waals surface area contributed by atoms with Gasteiger partial charge in [-0.2, -0.15) is 5.26 Å². The summed E-state index contributed by atoms with van der Waals surface area (Å²) in [5.41, 5.74) is 3.48. The van der Waals surface area contributed by atoms with Crippen molar-refractivity contribution in [3.05, 3.63) is 44.7 Å². The molecule has 0 saturated heterocycles. The molecule has 1 aliphatic heterocycles. The van der Waals surface area contributed by atoms with Gasteiger partial charge in [-0.05, 0) is 53.0 Å². The molecule has 4 heteroatoms. The molecule has 1 aromatic carbocycles. The van der Waals surface area contributed by atoms with Crippen LogP contribution in [0.5, 0.6) is 0 Å². The number of carbonyl (C=O) groups is 1. The molecule has 2 atom stereocenters. The topological polar surface area (TPSA) is 53.2 Å². The highest BCUT2D eigenvalue weighted by Crippen LogP contribution is 2.48. The highest BCUT2D eigenvalue weighted by atomic mass is 127. The molecule has 2 aliphatic rings. The van der Waals surface area contributed by atoms with Gasteiger partial charge in [-0.1, -0.05) is 32.0 Å². The van der Waals surface area contributed by atoms with Crippen LogP contribution in [-0.2, 0) is 4.79 Å². The summed E-state index contributed by atoms with van der Waals surface area (Å²) >= 11 is 2.29. The second-order valence-electron chi connectivity index (χ2n) is 7.16. The number of aliphatic imine (C=N–C) groups is 1. The van der Waals surface area contributed by atoms with Crippen molar-refractivity contribution in [3.8, 4) is 6.07 Å². The molecular formula is C19H19IN2O. The third-order valence-electron chi connectivity index (χ3n) is 4.68. The molecule has 0 amide bonds. The average molecular weight is 418 g/mol. The molecule has 3 nitrogen and oxygen atoms in total. The van der Waals surface area contributed by atoms with Crippen molar-refractivity contribution in [2.75, 3.05) is 0 Å². The number of carbonyl (C=O) groups excluding carboxylic acids is 1. The summed E-state index contributed by atoms with van der Waals surface area (Å²) in [7, 11) is 0. The van der Waals surface area contributed by atoms with Gasteiger partial charge in [0.1, 0.15) is 0 Å². The van der Waals surface area contributed by atoms with E-state index < -0.39 is 0 Å². The number of Topliss-reactive ketones (excluding diaryl/α,β-unsaturated/α-hetero) is 1. The van der Waals surface area contributed by atoms with Crippen molar-refractivity contribution >= 4 is 34.1 Å². The third kappa shape index (κ3) is 2.87. The number of nitrogens with zero attached hydrogens (tertiary/aromatic N) is 2. The van der Waals surface area contributed by atoms with E-state index in [2.05, 4.69) is 47.5 Å². The Bertz CT molecular complexity index is 783. The quantitative estimate of drug-likeness (QED) is 0.625. The van der Waals surface area contributed by atoms with Crippen LogP contribution in [0.25, 0.3) is 0 Å². The van der Waals surface area contributed by atoms with Crippen molar-refractivity contribution in [1.82, 2.24) is 0 Å². The molecule has 1 aromatic rings. The molecule has 0 saturated carbocycles. The molecule has 0 aromatic heterocycles. The van der Waals surface area contributed by atoms with Crippen LogP contribution >= 0.6 is 22.6 Å². The fourth-order valence-corrected chi connectivity index (χ4v) is 4.40. The van der Waals surface area contributed by atoms with Gasteiger partial charge in [0.05, 0.1) is 12.0 Å². The van der Waals surface area contributed by atoms with E-state index >= 15 is 0 Å². The number of hydrogen-bond acceptors (Lipinski definition) is 3. The Kier molecular flexibility index (Phi) is 4.18. The Morgan fingerprint density at radius 1 is 1.30 bits per heavy atom. The minimum absolute atomic E-state index is 0.0619. The number of rotatable bonds is 1. The van der Waals surface area contributed by atoms with Crippen molar-refractivity contribution in [1.29, 1.82) is 5.26 Å². The van der Waals surface area contributed by atoms with E-state index in [0.717, 1.165) is 32.5 Å².